The van der Waals surface area contributed by atoms with E-state index < -0.39 is 0 Å². The van der Waals surface area contributed by atoms with Gasteiger partial charge in [-0.15, -0.1) is 10.2 Å². The Bertz CT molecular complexity index is 1020. The van der Waals surface area contributed by atoms with E-state index in [0.29, 0.717) is 28.9 Å². The summed E-state index contributed by atoms with van der Waals surface area (Å²) >= 11 is 12.5. The first-order valence-electron chi connectivity index (χ1n) is 9.69. The van der Waals surface area contributed by atoms with Crippen molar-refractivity contribution in [3.05, 3.63) is 70.0 Å². The molecule has 1 aromatic heterocycles. The van der Waals surface area contributed by atoms with Gasteiger partial charge in [-0.05, 0) is 42.5 Å². The van der Waals surface area contributed by atoms with Crippen molar-refractivity contribution in [1.29, 1.82) is 0 Å². The molecule has 1 amide bonds. The van der Waals surface area contributed by atoms with Crippen LogP contribution in [0, 0.1) is 5.92 Å². The summed E-state index contributed by atoms with van der Waals surface area (Å²) in [7, 11) is 0. The van der Waals surface area contributed by atoms with Crippen molar-refractivity contribution < 1.29 is 9.21 Å². The second kappa shape index (κ2) is 8.56. The van der Waals surface area contributed by atoms with Crippen LogP contribution in [0.1, 0.15) is 37.1 Å². The quantitative estimate of drug-likeness (QED) is 0.491. The van der Waals surface area contributed by atoms with E-state index in [1.54, 1.807) is 11.0 Å². The number of halogens is 2. The first-order chi connectivity index (χ1) is 14.1. The fourth-order valence-electron chi connectivity index (χ4n) is 3.58. The molecule has 1 aliphatic rings. The highest BCUT2D eigenvalue weighted by Crippen LogP contribution is 2.50. The molecule has 1 heterocycles. The van der Waals surface area contributed by atoms with Gasteiger partial charge in [0.1, 0.15) is 0 Å². The van der Waals surface area contributed by atoms with Crippen LogP contribution in [0.15, 0.2) is 52.9 Å². The van der Waals surface area contributed by atoms with Gasteiger partial charge < -0.3 is 9.32 Å². The second-order valence-corrected chi connectivity index (χ2v) is 8.03. The fourth-order valence-corrected chi connectivity index (χ4v) is 4.08. The number of amides is 1. The molecule has 0 saturated heterocycles. The van der Waals surface area contributed by atoms with Crippen LogP contribution >= 0.6 is 23.2 Å². The van der Waals surface area contributed by atoms with Crippen molar-refractivity contribution in [1.82, 2.24) is 15.1 Å². The van der Waals surface area contributed by atoms with Crippen LogP contribution in [0.2, 0.25) is 10.0 Å². The first kappa shape index (κ1) is 19.9. The SMILES string of the molecule is CCCN(Cc1nnc(-c2ccccc2Cl)o1)C(=O)C1CC1c1ccccc1Cl. The van der Waals surface area contributed by atoms with E-state index in [2.05, 4.69) is 10.2 Å². The molecule has 0 bridgehead atoms. The number of rotatable bonds is 7. The lowest BCUT2D eigenvalue weighted by molar-refractivity contribution is -0.133. The van der Waals surface area contributed by atoms with Crippen LogP contribution in [-0.2, 0) is 11.3 Å². The summed E-state index contributed by atoms with van der Waals surface area (Å²) in [6.07, 6.45) is 1.66. The highest BCUT2D eigenvalue weighted by Gasteiger charge is 2.46. The number of aromatic nitrogens is 2. The Morgan fingerprint density at radius 2 is 1.83 bits per heavy atom. The van der Waals surface area contributed by atoms with E-state index in [1.165, 1.54) is 0 Å². The predicted octanol–water partition coefficient (Wildman–Crippen LogP) is 5.59. The van der Waals surface area contributed by atoms with Gasteiger partial charge in [0, 0.05) is 17.5 Å². The van der Waals surface area contributed by atoms with E-state index >= 15 is 0 Å². The number of nitrogens with zero attached hydrogens (tertiary/aromatic N) is 3. The number of benzene rings is 2. The summed E-state index contributed by atoms with van der Waals surface area (Å²) in [6, 6.07) is 15.0. The van der Waals surface area contributed by atoms with Crippen molar-refractivity contribution in [2.24, 2.45) is 5.92 Å². The Labute approximate surface area is 179 Å². The molecule has 1 aliphatic carbocycles. The number of hydrogen-bond acceptors (Lipinski definition) is 4. The van der Waals surface area contributed by atoms with Gasteiger partial charge in [-0.1, -0.05) is 60.5 Å². The highest BCUT2D eigenvalue weighted by atomic mass is 35.5. The molecule has 0 aliphatic heterocycles. The van der Waals surface area contributed by atoms with Crippen LogP contribution < -0.4 is 0 Å². The summed E-state index contributed by atoms with van der Waals surface area (Å²) in [5, 5.41) is 9.48. The molecule has 3 aromatic rings. The standard InChI is InChI=1S/C22H21Cl2N3O2/c1-2-11-27(22(28)17-12-16(17)14-7-3-5-9-18(14)23)13-20-25-26-21(29-20)15-8-4-6-10-19(15)24/h3-10,16-17H,2,11-13H2,1H3. The third kappa shape index (κ3) is 4.31. The van der Waals surface area contributed by atoms with Gasteiger partial charge in [0.2, 0.25) is 17.7 Å². The molecule has 29 heavy (non-hydrogen) atoms. The molecule has 2 aromatic carbocycles. The van der Waals surface area contributed by atoms with Gasteiger partial charge in [0.25, 0.3) is 0 Å². The average Bonchev–Trinajstić information content (AvgIpc) is 3.38. The Balaban J connectivity index is 1.47. The van der Waals surface area contributed by atoms with Crippen LogP contribution in [0.4, 0.5) is 0 Å². The normalized spacial score (nSPS) is 17.9. The van der Waals surface area contributed by atoms with Gasteiger partial charge in [-0.25, -0.2) is 0 Å². The molecule has 0 spiro atoms. The van der Waals surface area contributed by atoms with Crippen molar-refractivity contribution in [2.75, 3.05) is 6.54 Å². The molecular weight excluding hydrogens is 409 g/mol. The number of hydrogen-bond donors (Lipinski definition) is 0. The molecule has 1 fully saturated rings. The lowest BCUT2D eigenvalue weighted by Gasteiger charge is -2.20. The fraction of sp³-hybridized carbons (Fsp3) is 0.318. The Morgan fingerprint density at radius 1 is 1.10 bits per heavy atom. The minimum absolute atomic E-state index is 0.0487. The maximum Gasteiger partial charge on any atom is 0.249 e. The molecule has 7 heteroatoms. The van der Waals surface area contributed by atoms with Crippen LogP contribution in [-0.4, -0.2) is 27.5 Å². The Morgan fingerprint density at radius 3 is 2.55 bits per heavy atom. The summed E-state index contributed by atoms with van der Waals surface area (Å²) in [5.74, 6) is 0.991. The van der Waals surface area contributed by atoms with Crippen LogP contribution in [0.25, 0.3) is 11.5 Å². The molecule has 4 rings (SSSR count). The van der Waals surface area contributed by atoms with Gasteiger partial charge in [-0.3, -0.25) is 4.79 Å². The molecule has 1 saturated carbocycles. The summed E-state index contributed by atoms with van der Waals surface area (Å²) in [4.78, 5) is 14.9. The summed E-state index contributed by atoms with van der Waals surface area (Å²) in [5.41, 5.74) is 1.73. The largest absolute Gasteiger partial charge is 0.419 e. The topological polar surface area (TPSA) is 59.2 Å². The number of carbonyl (C=O) groups excluding carboxylic acids is 1. The maximum absolute atomic E-state index is 13.1. The molecule has 2 unspecified atom stereocenters. The zero-order valence-corrected chi connectivity index (χ0v) is 17.5. The second-order valence-electron chi connectivity index (χ2n) is 7.21. The van der Waals surface area contributed by atoms with Gasteiger partial charge in [-0.2, -0.15) is 0 Å². The smallest absolute Gasteiger partial charge is 0.249 e. The van der Waals surface area contributed by atoms with E-state index in [0.717, 1.165) is 23.4 Å². The van der Waals surface area contributed by atoms with Crippen molar-refractivity contribution >= 4 is 29.1 Å². The molecular formula is C22H21Cl2N3O2. The highest BCUT2D eigenvalue weighted by molar-refractivity contribution is 6.33. The summed E-state index contributed by atoms with van der Waals surface area (Å²) < 4.78 is 5.79. The lowest BCUT2D eigenvalue weighted by atomic mass is 10.1. The van der Waals surface area contributed by atoms with Gasteiger partial charge in [0.15, 0.2) is 0 Å². The number of carbonyl (C=O) groups is 1. The van der Waals surface area contributed by atoms with Crippen molar-refractivity contribution in [3.8, 4) is 11.5 Å². The molecule has 2 atom stereocenters. The van der Waals surface area contributed by atoms with Crippen LogP contribution in [0.5, 0.6) is 0 Å². The lowest BCUT2D eigenvalue weighted by Crippen LogP contribution is -2.33. The Kier molecular flexibility index (Phi) is 5.88. The average molecular weight is 430 g/mol. The summed E-state index contributed by atoms with van der Waals surface area (Å²) in [6.45, 7) is 2.96. The zero-order valence-electron chi connectivity index (χ0n) is 16.0. The maximum atomic E-state index is 13.1. The Hall–Kier alpha value is -2.37. The molecule has 0 N–H and O–H groups in total. The monoisotopic (exact) mass is 429 g/mol. The van der Waals surface area contributed by atoms with Gasteiger partial charge in [0.05, 0.1) is 17.1 Å². The first-order valence-corrected chi connectivity index (χ1v) is 10.4. The van der Waals surface area contributed by atoms with E-state index in [9.17, 15) is 4.79 Å². The van der Waals surface area contributed by atoms with E-state index in [-0.39, 0.29) is 24.3 Å². The molecule has 0 radical (unpaired) electrons. The minimum Gasteiger partial charge on any atom is -0.419 e. The third-order valence-corrected chi connectivity index (χ3v) is 5.79. The predicted molar refractivity (Wildman–Crippen MR) is 113 cm³/mol. The van der Waals surface area contributed by atoms with Crippen LogP contribution in [0.3, 0.4) is 0 Å². The molecule has 5 nitrogen and oxygen atoms in total. The molecule has 150 valence electrons. The van der Waals surface area contributed by atoms with Crippen molar-refractivity contribution in [2.45, 2.75) is 32.2 Å². The third-order valence-electron chi connectivity index (χ3n) is 5.11. The zero-order chi connectivity index (χ0) is 20.4. The van der Waals surface area contributed by atoms with Gasteiger partial charge >= 0.3 is 0 Å². The minimum atomic E-state index is -0.0487. The van der Waals surface area contributed by atoms with E-state index in [1.807, 2.05) is 49.4 Å². The van der Waals surface area contributed by atoms with Crippen molar-refractivity contribution in [3.63, 3.8) is 0 Å². The van der Waals surface area contributed by atoms with E-state index in [4.69, 9.17) is 27.6 Å².